The number of carbonyl (C=O) groups excluding carboxylic acids is 1. The van der Waals surface area contributed by atoms with E-state index in [1.54, 1.807) is 0 Å². The van der Waals surface area contributed by atoms with Crippen molar-refractivity contribution in [1.82, 2.24) is 15.3 Å². The molecule has 1 aromatic carbocycles. The summed E-state index contributed by atoms with van der Waals surface area (Å²) >= 11 is 0. The predicted octanol–water partition coefficient (Wildman–Crippen LogP) is 1.77. The van der Waals surface area contributed by atoms with Crippen molar-refractivity contribution in [1.29, 1.82) is 0 Å². The molecule has 0 spiro atoms. The molecule has 1 heterocycles. The molecule has 5 nitrogen and oxygen atoms in total. The second kappa shape index (κ2) is 7.23. The summed E-state index contributed by atoms with van der Waals surface area (Å²) < 4.78 is 0. The van der Waals surface area contributed by atoms with Crippen molar-refractivity contribution in [3.8, 4) is 0 Å². The third-order valence-corrected chi connectivity index (χ3v) is 2.85. The molecule has 5 heteroatoms. The first-order chi connectivity index (χ1) is 9.78. The van der Waals surface area contributed by atoms with E-state index in [0.29, 0.717) is 12.4 Å². The molecule has 0 unspecified atom stereocenters. The summed E-state index contributed by atoms with van der Waals surface area (Å²) in [5.74, 6) is 0.609. The van der Waals surface area contributed by atoms with Gasteiger partial charge in [0.1, 0.15) is 12.1 Å². The lowest BCUT2D eigenvalue weighted by molar-refractivity contribution is -0.119. The number of carbonyl (C=O) groups is 1. The molecule has 0 aliphatic heterocycles. The molecule has 0 saturated heterocycles. The summed E-state index contributed by atoms with van der Waals surface area (Å²) in [6.07, 6.45) is 2.35. The van der Waals surface area contributed by atoms with E-state index in [2.05, 4.69) is 20.6 Å². The third kappa shape index (κ3) is 4.35. The van der Waals surface area contributed by atoms with Gasteiger partial charge in [-0.05, 0) is 12.0 Å². The predicted molar refractivity (Wildman–Crippen MR) is 78.2 cm³/mol. The van der Waals surface area contributed by atoms with Gasteiger partial charge in [0.2, 0.25) is 5.91 Å². The Bertz CT molecular complexity index is 557. The molecule has 0 saturated carbocycles. The SMILES string of the molecule is CCc1cc(NCC(=O)NCc2ccccc2)ncn1. The van der Waals surface area contributed by atoms with Crippen LogP contribution in [0.2, 0.25) is 0 Å². The zero-order valence-electron chi connectivity index (χ0n) is 11.5. The van der Waals surface area contributed by atoms with Crippen LogP contribution in [0.15, 0.2) is 42.7 Å². The molecular formula is C15H18N4O. The highest BCUT2D eigenvalue weighted by Gasteiger charge is 2.02. The van der Waals surface area contributed by atoms with Gasteiger partial charge in [0.05, 0.1) is 6.54 Å². The van der Waals surface area contributed by atoms with Crippen molar-refractivity contribution in [2.45, 2.75) is 19.9 Å². The van der Waals surface area contributed by atoms with Gasteiger partial charge in [-0.1, -0.05) is 37.3 Å². The summed E-state index contributed by atoms with van der Waals surface area (Å²) in [6, 6.07) is 11.7. The first-order valence-corrected chi connectivity index (χ1v) is 6.63. The van der Waals surface area contributed by atoms with Gasteiger partial charge in [-0.2, -0.15) is 0 Å². The lowest BCUT2D eigenvalue weighted by atomic mass is 10.2. The standard InChI is InChI=1S/C15H18N4O/c1-2-13-8-14(19-11-18-13)16-10-15(20)17-9-12-6-4-3-5-7-12/h3-8,11H,2,9-10H2,1H3,(H,17,20)(H,16,18,19). The maximum absolute atomic E-state index is 11.7. The lowest BCUT2D eigenvalue weighted by Crippen LogP contribution is -2.29. The molecule has 2 N–H and O–H groups in total. The summed E-state index contributed by atoms with van der Waals surface area (Å²) in [7, 11) is 0. The number of hydrogen-bond acceptors (Lipinski definition) is 4. The number of aryl methyl sites for hydroxylation is 1. The smallest absolute Gasteiger partial charge is 0.239 e. The van der Waals surface area contributed by atoms with Crippen LogP contribution in [0.25, 0.3) is 0 Å². The molecule has 2 aromatic rings. The van der Waals surface area contributed by atoms with Crippen molar-refractivity contribution >= 4 is 11.7 Å². The van der Waals surface area contributed by atoms with Gasteiger partial charge >= 0.3 is 0 Å². The molecule has 1 amide bonds. The van der Waals surface area contributed by atoms with E-state index in [-0.39, 0.29) is 12.5 Å². The number of nitrogens with zero attached hydrogens (tertiary/aromatic N) is 2. The maximum atomic E-state index is 11.7. The Morgan fingerprint density at radius 3 is 2.75 bits per heavy atom. The Kier molecular flexibility index (Phi) is 5.06. The summed E-state index contributed by atoms with van der Waals surface area (Å²) in [4.78, 5) is 19.9. The lowest BCUT2D eigenvalue weighted by Gasteiger charge is -2.07. The fourth-order valence-corrected chi connectivity index (χ4v) is 1.72. The summed E-state index contributed by atoms with van der Waals surface area (Å²) in [6.45, 7) is 2.76. The van der Waals surface area contributed by atoms with Crippen LogP contribution in [0, 0.1) is 0 Å². The highest BCUT2D eigenvalue weighted by atomic mass is 16.1. The molecule has 0 atom stereocenters. The fourth-order valence-electron chi connectivity index (χ4n) is 1.72. The average Bonchev–Trinajstić information content (AvgIpc) is 2.52. The van der Waals surface area contributed by atoms with Gasteiger partial charge < -0.3 is 10.6 Å². The summed E-state index contributed by atoms with van der Waals surface area (Å²) in [5, 5.41) is 5.85. The molecule has 0 aliphatic carbocycles. The molecule has 1 aromatic heterocycles. The van der Waals surface area contributed by atoms with E-state index in [9.17, 15) is 4.79 Å². The first kappa shape index (κ1) is 14.0. The number of anilines is 1. The number of aromatic nitrogens is 2. The number of hydrogen-bond donors (Lipinski definition) is 2. The average molecular weight is 270 g/mol. The molecule has 2 rings (SSSR count). The van der Waals surface area contributed by atoms with Crippen LogP contribution < -0.4 is 10.6 Å². The van der Waals surface area contributed by atoms with Crippen LogP contribution in [0.4, 0.5) is 5.82 Å². The molecule has 0 aliphatic rings. The van der Waals surface area contributed by atoms with Gasteiger partial charge in [-0.3, -0.25) is 4.79 Å². The zero-order valence-corrected chi connectivity index (χ0v) is 11.5. The molecule has 104 valence electrons. The van der Waals surface area contributed by atoms with E-state index < -0.39 is 0 Å². The Morgan fingerprint density at radius 1 is 1.20 bits per heavy atom. The molecule has 20 heavy (non-hydrogen) atoms. The second-order valence-electron chi connectivity index (χ2n) is 4.36. The van der Waals surface area contributed by atoms with E-state index in [4.69, 9.17) is 0 Å². The number of rotatable bonds is 6. The van der Waals surface area contributed by atoms with Crippen molar-refractivity contribution in [3.63, 3.8) is 0 Å². The minimum absolute atomic E-state index is 0.0643. The van der Waals surface area contributed by atoms with Crippen molar-refractivity contribution in [3.05, 3.63) is 54.0 Å². The van der Waals surface area contributed by atoms with Gasteiger partial charge in [-0.25, -0.2) is 9.97 Å². The van der Waals surface area contributed by atoms with E-state index in [0.717, 1.165) is 17.7 Å². The number of benzene rings is 1. The van der Waals surface area contributed by atoms with Crippen LogP contribution >= 0.6 is 0 Å². The highest BCUT2D eigenvalue weighted by Crippen LogP contribution is 2.03. The van der Waals surface area contributed by atoms with Crippen molar-refractivity contribution in [2.24, 2.45) is 0 Å². The minimum atomic E-state index is -0.0643. The molecule has 0 fully saturated rings. The quantitative estimate of drug-likeness (QED) is 0.839. The topological polar surface area (TPSA) is 66.9 Å². The minimum Gasteiger partial charge on any atom is -0.361 e. The van der Waals surface area contributed by atoms with Gasteiger partial charge in [0, 0.05) is 18.3 Å². The van der Waals surface area contributed by atoms with Gasteiger partial charge in [0.25, 0.3) is 0 Å². The number of amides is 1. The monoisotopic (exact) mass is 270 g/mol. The van der Waals surface area contributed by atoms with Crippen LogP contribution in [-0.4, -0.2) is 22.4 Å². The fraction of sp³-hybridized carbons (Fsp3) is 0.267. The van der Waals surface area contributed by atoms with Crippen LogP contribution in [0.1, 0.15) is 18.2 Å². The van der Waals surface area contributed by atoms with E-state index in [1.807, 2.05) is 43.3 Å². The highest BCUT2D eigenvalue weighted by molar-refractivity contribution is 5.80. The largest absolute Gasteiger partial charge is 0.361 e. The Morgan fingerprint density at radius 2 is 2.00 bits per heavy atom. The normalized spacial score (nSPS) is 10.1. The van der Waals surface area contributed by atoms with Gasteiger partial charge in [0.15, 0.2) is 0 Å². The van der Waals surface area contributed by atoms with E-state index in [1.165, 1.54) is 6.33 Å². The van der Waals surface area contributed by atoms with Crippen molar-refractivity contribution in [2.75, 3.05) is 11.9 Å². The van der Waals surface area contributed by atoms with Crippen molar-refractivity contribution < 1.29 is 4.79 Å². The zero-order chi connectivity index (χ0) is 14.2. The number of nitrogens with one attached hydrogen (secondary N) is 2. The second-order valence-corrected chi connectivity index (χ2v) is 4.36. The Hall–Kier alpha value is -2.43. The van der Waals surface area contributed by atoms with Gasteiger partial charge in [-0.15, -0.1) is 0 Å². The van der Waals surface area contributed by atoms with Crippen LogP contribution in [0.3, 0.4) is 0 Å². The Balaban J connectivity index is 1.77. The first-order valence-electron chi connectivity index (χ1n) is 6.63. The molecular weight excluding hydrogens is 252 g/mol. The molecule has 0 bridgehead atoms. The molecule has 0 radical (unpaired) electrons. The summed E-state index contributed by atoms with van der Waals surface area (Å²) in [5.41, 5.74) is 2.03. The van der Waals surface area contributed by atoms with Crippen LogP contribution in [-0.2, 0) is 17.8 Å². The van der Waals surface area contributed by atoms with E-state index >= 15 is 0 Å². The maximum Gasteiger partial charge on any atom is 0.239 e. The Labute approximate surface area is 118 Å². The van der Waals surface area contributed by atoms with Crippen LogP contribution in [0.5, 0.6) is 0 Å². The third-order valence-electron chi connectivity index (χ3n) is 2.85.